The number of imidazole rings is 1. The van der Waals surface area contributed by atoms with Gasteiger partial charge in [0.15, 0.2) is 0 Å². The molecule has 1 aromatic carbocycles. The van der Waals surface area contributed by atoms with E-state index in [1.54, 1.807) is 0 Å². The third kappa shape index (κ3) is 2.79. The lowest BCUT2D eigenvalue weighted by Gasteiger charge is -2.31. The number of aromatic amines is 1. The summed E-state index contributed by atoms with van der Waals surface area (Å²) in [5.74, 6) is 0.892. The molecule has 0 aliphatic carbocycles. The normalized spacial score (nSPS) is 17.7. The summed E-state index contributed by atoms with van der Waals surface area (Å²) in [5.41, 5.74) is 2.11. The molecule has 2 heterocycles. The van der Waals surface area contributed by atoms with Gasteiger partial charge in [-0.05, 0) is 25.0 Å². The predicted molar refractivity (Wildman–Crippen MR) is 79.4 cm³/mol. The highest BCUT2D eigenvalue weighted by Gasteiger charge is 2.18. The maximum Gasteiger partial charge on any atom is 0.201 e. The van der Waals surface area contributed by atoms with Gasteiger partial charge >= 0.3 is 0 Å². The van der Waals surface area contributed by atoms with Gasteiger partial charge < -0.3 is 10.3 Å². The predicted octanol–water partition coefficient (Wildman–Crippen LogP) is 2.63. The first-order valence-corrected chi connectivity index (χ1v) is 6.89. The minimum Gasteiger partial charge on any atom is -0.353 e. The maximum absolute atomic E-state index is 4.57. The Balaban J connectivity index is 1.61. The fourth-order valence-electron chi connectivity index (χ4n) is 2.66. The first kappa shape index (κ1) is 12.2. The molecule has 3 rings (SSSR count). The van der Waals surface area contributed by atoms with E-state index in [0.717, 1.165) is 49.5 Å². The molecule has 2 aromatic rings. The van der Waals surface area contributed by atoms with Crippen LogP contribution in [0.15, 0.2) is 36.9 Å². The van der Waals surface area contributed by atoms with Crippen LogP contribution in [-0.4, -0.2) is 40.5 Å². The van der Waals surface area contributed by atoms with Crippen molar-refractivity contribution in [2.45, 2.75) is 18.9 Å². The van der Waals surface area contributed by atoms with Gasteiger partial charge in [0.05, 0.1) is 11.0 Å². The molecule has 1 aromatic heterocycles. The number of nitrogens with one attached hydrogen (secondary N) is 2. The number of para-hydroxylation sites is 2. The number of fused-ring (bicyclic) bond motifs is 1. The molecule has 100 valence electrons. The zero-order valence-electron chi connectivity index (χ0n) is 11.1. The van der Waals surface area contributed by atoms with Crippen molar-refractivity contribution in [3.05, 3.63) is 36.9 Å². The van der Waals surface area contributed by atoms with E-state index in [2.05, 4.69) is 32.8 Å². The van der Waals surface area contributed by atoms with Crippen LogP contribution in [0.25, 0.3) is 11.0 Å². The molecular formula is C15H20N4. The molecule has 1 fully saturated rings. The molecule has 0 atom stereocenters. The van der Waals surface area contributed by atoms with Crippen molar-refractivity contribution in [1.29, 1.82) is 0 Å². The van der Waals surface area contributed by atoms with Crippen molar-refractivity contribution >= 4 is 17.0 Å². The van der Waals surface area contributed by atoms with Gasteiger partial charge in [-0.1, -0.05) is 18.2 Å². The summed E-state index contributed by atoms with van der Waals surface area (Å²) in [6, 6.07) is 8.64. The Labute approximate surface area is 113 Å². The van der Waals surface area contributed by atoms with Crippen molar-refractivity contribution in [3.63, 3.8) is 0 Å². The van der Waals surface area contributed by atoms with Crippen molar-refractivity contribution in [1.82, 2.24) is 14.9 Å². The van der Waals surface area contributed by atoms with E-state index in [1.807, 2.05) is 24.3 Å². The number of likely N-dealkylation sites (tertiary alicyclic amines) is 1. The Morgan fingerprint density at radius 2 is 2.16 bits per heavy atom. The van der Waals surface area contributed by atoms with Gasteiger partial charge in [0, 0.05) is 25.7 Å². The molecule has 0 saturated carbocycles. The molecule has 19 heavy (non-hydrogen) atoms. The van der Waals surface area contributed by atoms with Crippen LogP contribution >= 0.6 is 0 Å². The first-order valence-electron chi connectivity index (χ1n) is 6.89. The van der Waals surface area contributed by atoms with Gasteiger partial charge in [-0.25, -0.2) is 4.98 Å². The summed E-state index contributed by atoms with van der Waals surface area (Å²) < 4.78 is 0. The fraction of sp³-hybridized carbons (Fsp3) is 0.400. The molecule has 1 aliphatic heterocycles. The number of benzene rings is 1. The summed E-state index contributed by atoms with van der Waals surface area (Å²) in [6.07, 6.45) is 4.29. The van der Waals surface area contributed by atoms with E-state index < -0.39 is 0 Å². The molecule has 2 N–H and O–H groups in total. The minimum atomic E-state index is 0.515. The highest BCUT2D eigenvalue weighted by atomic mass is 15.2. The van der Waals surface area contributed by atoms with Gasteiger partial charge in [0.2, 0.25) is 5.95 Å². The summed E-state index contributed by atoms with van der Waals surface area (Å²) >= 11 is 0. The van der Waals surface area contributed by atoms with Gasteiger partial charge in [-0.15, -0.1) is 6.58 Å². The SMILES string of the molecule is C=CCN1CCC(Nc2nc3ccccc3[nH]2)CC1. The van der Waals surface area contributed by atoms with Crippen LogP contribution in [0, 0.1) is 0 Å². The van der Waals surface area contributed by atoms with Crippen molar-refractivity contribution in [2.75, 3.05) is 25.0 Å². The lowest BCUT2D eigenvalue weighted by Crippen LogP contribution is -2.39. The maximum atomic E-state index is 4.57. The van der Waals surface area contributed by atoms with Gasteiger partial charge in [0.25, 0.3) is 0 Å². The van der Waals surface area contributed by atoms with E-state index in [-0.39, 0.29) is 0 Å². The third-order valence-electron chi connectivity index (χ3n) is 3.71. The number of H-pyrrole nitrogens is 1. The molecular weight excluding hydrogens is 236 g/mol. The Morgan fingerprint density at radius 3 is 2.89 bits per heavy atom. The average Bonchev–Trinajstić information content (AvgIpc) is 2.83. The van der Waals surface area contributed by atoms with Gasteiger partial charge in [-0.2, -0.15) is 0 Å². The van der Waals surface area contributed by atoms with Crippen LogP contribution in [0.5, 0.6) is 0 Å². The summed E-state index contributed by atoms with van der Waals surface area (Å²) in [6.45, 7) is 7.05. The average molecular weight is 256 g/mol. The highest BCUT2D eigenvalue weighted by molar-refractivity contribution is 5.77. The summed E-state index contributed by atoms with van der Waals surface area (Å²) in [4.78, 5) is 10.3. The number of nitrogens with zero attached hydrogens (tertiary/aromatic N) is 2. The molecule has 0 radical (unpaired) electrons. The van der Waals surface area contributed by atoms with Gasteiger partial charge in [0.1, 0.15) is 0 Å². The second-order valence-corrected chi connectivity index (χ2v) is 5.11. The number of anilines is 1. The quantitative estimate of drug-likeness (QED) is 0.826. The van der Waals surface area contributed by atoms with Crippen molar-refractivity contribution < 1.29 is 0 Å². The van der Waals surface area contributed by atoms with E-state index in [4.69, 9.17) is 0 Å². The van der Waals surface area contributed by atoms with Crippen LogP contribution in [0.2, 0.25) is 0 Å². The van der Waals surface area contributed by atoms with Crippen LogP contribution < -0.4 is 5.32 Å². The van der Waals surface area contributed by atoms with Gasteiger partial charge in [-0.3, -0.25) is 4.90 Å². The van der Waals surface area contributed by atoms with E-state index >= 15 is 0 Å². The standard InChI is InChI=1S/C15H20N4/c1-2-9-19-10-7-12(8-11-19)16-15-17-13-5-3-4-6-14(13)18-15/h2-6,12H,1,7-11H2,(H2,16,17,18). The summed E-state index contributed by atoms with van der Waals surface area (Å²) in [5, 5.41) is 3.51. The van der Waals surface area contributed by atoms with Crippen LogP contribution in [0.3, 0.4) is 0 Å². The second kappa shape index (κ2) is 5.45. The number of piperidine rings is 1. The molecule has 0 unspecified atom stereocenters. The molecule has 0 amide bonds. The number of rotatable bonds is 4. The lowest BCUT2D eigenvalue weighted by molar-refractivity contribution is 0.240. The van der Waals surface area contributed by atoms with Crippen LogP contribution in [-0.2, 0) is 0 Å². The lowest BCUT2D eigenvalue weighted by atomic mass is 10.1. The minimum absolute atomic E-state index is 0.515. The topological polar surface area (TPSA) is 44.0 Å². The largest absolute Gasteiger partial charge is 0.353 e. The number of hydrogen-bond donors (Lipinski definition) is 2. The summed E-state index contributed by atoms with van der Waals surface area (Å²) in [7, 11) is 0. The first-order chi connectivity index (χ1) is 9.35. The Kier molecular flexibility index (Phi) is 3.51. The molecule has 0 spiro atoms. The van der Waals surface area contributed by atoms with Crippen LogP contribution in [0.1, 0.15) is 12.8 Å². The van der Waals surface area contributed by atoms with Crippen LogP contribution in [0.4, 0.5) is 5.95 Å². The zero-order chi connectivity index (χ0) is 13.1. The smallest absolute Gasteiger partial charge is 0.201 e. The molecule has 1 saturated heterocycles. The highest BCUT2D eigenvalue weighted by Crippen LogP contribution is 2.17. The van der Waals surface area contributed by atoms with E-state index in [9.17, 15) is 0 Å². The molecule has 4 heteroatoms. The second-order valence-electron chi connectivity index (χ2n) is 5.11. The van der Waals surface area contributed by atoms with Crippen molar-refractivity contribution in [3.8, 4) is 0 Å². The molecule has 4 nitrogen and oxygen atoms in total. The van der Waals surface area contributed by atoms with E-state index in [0.29, 0.717) is 6.04 Å². The monoisotopic (exact) mass is 256 g/mol. The number of hydrogen-bond acceptors (Lipinski definition) is 3. The third-order valence-corrected chi connectivity index (χ3v) is 3.71. The Bertz CT molecular complexity index is 519. The fourth-order valence-corrected chi connectivity index (χ4v) is 2.66. The molecule has 1 aliphatic rings. The molecule has 0 bridgehead atoms. The Hall–Kier alpha value is -1.81. The zero-order valence-corrected chi connectivity index (χ0v) is 11.1. The van der Waals surface area contributed by atoms with Crippen molar-refractivity contribution in [2.24, 2.45) is 0 Å². The number of aromatic nitrogens is 2. The van der Waals surface area contributed by atoms with E-state index in [1.165, 1.54) is 0 Å². The Morgan fingerprint density at radius 1 is 1.37 bits per heavy atom.